The highest BCUT2D eigenvalue weighted by atomic mass is 16.3. The van der Waals surface area contributed by atoms with Crippen molar-refractivity contribution >= 4 is 33.6 Å². The second kappa shape index (κ2) is 6.72. The van der Waals surface area contributed by atoms with Crippen molar-refractivity contribution < 1.29 is 5.11 Å². The van der Waals surface area contributed by atoms with E-state index in [2.05, 4.69) is 20.2 Å². The highest BCUT2D eigenvalue weighted by Gasteiger charge is 2.16. The van der Waals surface area contributed by atoms with Crippen LogP contribution in [0.25, 0.3) is 27.5 Å². The minimum atomic E-state index is -0.339. The van der Waals surface area contributed by atoms with Gasteiger partial charge in [0.15, 0.2) is 0 Å². The third kappa shape index (κ3) is 2.85. The summed E-state index contributed by atoms with van der Waals surface area (Å²) in [6.07, 6.45) is 4.87. The first-order valence-corrected chi connectivity index (χ1v) is 8.98. The van der Waals surface area contributed by atoms with Gasteiger partial charge in [-0.1, -0.05) is 24.3 Å². The molecule has 0 atom stereocenters. The van der Waals surface area contributed by atoms with Crippen LogP contribution >= 0.6 is 0 Å². The van der Waals surface area contributed by atoms with Crippen molar-refractivity contribution in [3.8, 4) is 11.7 Å². The fraction of sp³-hybridized carbons (Fsp3) is 0. The summed E-state index contributed by atoms with van der Waals surface area (Å²) < 4.78 is 1.20. The van der Waals surface area contributed by atoms with E-state index in [9.17, 15) is 9.90 Å². The number of fused-ring (bicyclic) bond motifs is 2. The predicted octanol–water partition coefficient (Wildman–Crippen LogP) is 3.72. The zero-order valence-electron chi connectivity index (χ0n) is 15.1. The van der Waals surface area contributed by atoms with Crippen molar-refractivity contribution in [2.75, 3.05) is 0 Å². The Hall–Kier alpha value is -4.26. The number of nitrogens with one attached hydrogen (secondary N) is 1. The van der Waals surface area contributed by atoms with E-state index >= 15 is 0 Å². The Bertz CT molecular complexity index is 1430. The lowest BCUT2D eigenvalue weighted by molar-refractivity contribution is 0.435. The molecule has 140 valence electrons. The average Bonchev–Trinajstić information content (AvgIpc) is 3.22. The summed E-state index contributed by atoms with van der Waals surface area (Å²) in [5.41, 5.74) is 1.73. The number of nitrogens with zero attached hydrogens (tertiary/aromatic N) is 4. The molecule has 0 saturated carbocycles. The molecule has 5 rings (SSSR count). The molecule has 7 nitrogen and oxygen atoms in total. The van der Waals surface area contributed by atoms with Crippen LogP contribution in [0.2, 0.25) is 0 Å². The molecule has 0 amide bonds. The summed E-state index contributed by atoms with van der Waals surface area (Å²) in [4.78, 5) is 21.7. The number of pyridine rings is 2. The lowest BCUT2D eigenvalue weighted by atomic mass is 10.1. The quantitative estimate of drug-likeness (QED) is 0.466. The number of aromatic nitrogens is 4. The maximum absolute atomic E-state index is 13.0. The van der Waals surface area contributed by atoms with Crippen LogP contribution in [0.15, 0.2) is 82.8 Å². The molecule has 2 aromatic carbocycles. The molecule has 0 fully saturated rings. The number of benzene rings is 2. The van der Waals surface area contributed by atoms with Crippen molar-refractivity contribution in [3.05, 3.63) is 89.0 Å². The zero-order chi connectivity index (χ0) is 19.8. The van der Waals surface area contributed by atoms with E-state index < -0.39 is 0 Å². The van der Waals surface area contributed by atoms with Crippen LogP contribution in [0.3, 0.4) is 0 Å². The highest BCUT2D eigenvalue weighted by molar-refractivity contribution is 6.02. The van der Waals surface area contributed by atoms with Gasteiger partial charge in [0.05, 0.1) is 23.0 Å². The van der Waals surface area contributed by atoms with Gasteiger partial charge in [0.25, 0.3) is 5.56 Å². The number of hydrogen-bond acceptors (Lipinski definition) is 5. The number of H-pyrrole nitrogens is 1. The molecule has 5 aromatic rings. The van der Waals surface area contributed by atoms with Crippen molar-refractivity contribution in [2.45, 2.75) is 0 Å². The third-order valence-corrected chi connectivity index (χ3v) is 4.75. The summed E-state index contributed by atoms with van der Waals surface area (Å²) in [5, 5.41) is 19.9. The van der Waals surface area contributed by atoms with Crippen LogP contribution in [0, 0.1) is 0 Å². The lowest BCUT2D eigenvalue weighted by Gasteiger charge is -2.12. The second-order valence-corrected chi connectivity index (χ2v) is 6.51. The zero-order valence-corrected chi connectivity index (χ0v) is 15.1. The monoisotopic (exact) mass is 381 g/mol. The SMILES string of the molecule is O=c1c2ccccc2c(C=Nc2ccc3[nH]ncc3c2)c(O)n1-c1ccccn1. The van der Waals surface area contributed by atoms with Gasteiger partial charge in [0.2, 0.25) is 5.88 Å². The van der Waals surface area contributed by atoms with Crippen molar-refractivity contribution in [2.24, 2.45) is 4.99 Å². The van der Waals surface area contributed by atoms with Crippen LogP contribution in [-0.4, -0.2) is 31.1 Å². The van der Waals surface area contributed by atoms with Gasteiger partial charge in [-0.15, -0.1) is 0 Å². The van der Waals surface area contributed by atoms with Crippen LogP contribution in [0.4, 0.5) is 5.69 Å². The van der Waals surface area contributed by atoms with Gasteiger partial charge in [0.1, 0.15) is 5.82 Å². The molecule has 29 heavy (non-hydrogen) atoms. The van der Waals surface area contributed by atoms with E-state index in [0.717, 1.165) is 10.9 Å². The molecule has 0 aliphatic rings. The third-order valence-electron chi connectivity index (χ3n) is 4.75. The van der Waals surface area contributed by atoms with E-state index in [1.54, 1.807) is 55.0 Å². The molecule has 0 spiro atoms. The minimum absolute atomic E-state index is 0.208. The van der Waals surface area contributed by atoms with Crippen molar-refractivity contribution in [1.29, 1.82) is 0 Å². The molecular formula is C22H15N5O2. The van der Waals surface area contributed by atoms with Gasteiger partial charge in [-0.05, 0) is 36.4 Å². The molecule has 2 N–H and O–H groups in total. The Morgan fingerprint density at radius 1 is 1.03 bits per heavy atom. The van der Waals surface area contributed by atoms with Crippen molar-refractivity contribution in [1.82, 2.24) is 19.7 Å². The van der Waals surface area contributed by atoms with Gasteiger partial charge in [-0.3, -0.25) is 14.9 Å². The largest absolute Gasteiger partial charge is 0.494 e. The van der Waals surface area contributed by atoms with E-state index in [1.165, 1.54) is 4.57 Å². The topological polar surface area (TPSA) is 96.2 Å². The maximum Gasteiger partial charge on any atom is 0.267 e. The summed E-state index contributed by atoms with van der Waals surface area (Å²) in [6, 6.07) is 17.9. The normalized spacial score (nSPS) is 11.6. The standard InChI is InChI=1S/C22H15N5O2/c28-21-17-6-2-1-5-16(17)18(22(29)27(21)20-7-3-4-10-23-20)13-24-15-8-9-19-14(11-15)12-25-26-19/h1-13,29H,(H,25,26). The smallest absolute Gasteiger partial charge is 0.267 e. The molecule has 3 heterocycles. The Balaban J connectivity index is 1.73. The Morgan fingerprint density at radius 2 is 1.86 bits per heavy atom. The molecule has 0 aliphatic heterocycles. The number of aromatic hydroxyl groups is 1. The number of rotatable bonds is 3. The Kier molecular flexibility index (Phi) is 3.91. The van der Waals surface area contributed by atoms with Gasteiger partial charge < -0.3 is 5.11 Å². The van der Waals surface area contributed by atoms with Crippen LogP contribution < -0.4 is 5.56 Å². The van der Waals surface area contributed by atoms with Gasteiger partial charge in [-0.25, -0.2) is 9.55 Å². The Morgan fingerprint density at radius 3 is 2.69 bits per heavy atom. The molecule has 3 aromatic heterocycles. The fourth-order valence-electron chi connectivity index (χ4n) is 3.34. The summed E-state index contributed by atoms with van der Waals surface area (Å²) in [5.74, 6) is 0.135. The number of aliphatic imine (C=N–C) groups is 1. The predicted molar refractivity (Wildman–Crippen MR) is 112 cm³/mol. The van der Waals surface area contributed by atoms with Crippen LogP contribution in [0.5, 0.6) is 5.88 Å². The van der Waals surface area contributed by atoms with Crippen LogP contribution in [-0.2, 0) is 0 Å². The summed E-state index contributed by atoms with van der Waals surface area (Å²) >= 11 is 0. The highest BCUT2D eigenvalue weighted by Crippen LogP contribution is 2.26. The number of hydrogen-bond donors (Lipinski definition) is 2. The molecule has 0 aliphatic carbocycles. The van der Waals surface area contributed by atoms with Gasteiger partial charge in [-0.2, -0.15) is 5.10 Å². The van der Waals surface area contributed by atoms with E-state index in [4.69, 9.17) is 0 Å². The summed E-state index contributed by atoms with van der Waals surface area (Å²) in [6.45, 7) is 0. The average molecular weight is 381 g/mol. The summed E-state index contributed by atoms with van der Waals surface area (Å²) in [7, 11) is 0. The Labute approximate surface area is 164 Å². The minimum Gasteiger partial charge on any atom is -0.494 e. The molecule has 0 radical (unpaired) electrons. The van der Waals surface area contributed by atoms with Gasteiger partial charge >= 0.3 is 0 Å². The molecule has 0 unspecified atom stereocenters. The van der Waals surface area contributed by atoms with E-state index in [1.807, 2.05) is 24.3 Å². The molecule has 0 bridgehead atoms. The van der Waals surface area contributed by atoms with E-state index in [-0.39, 0.29) is 11.4 Å². The number of aromatic amines is 1. The lowest BCUT2D eigenvalue weighted by Crippen LogP contribution is -2.20. The maximum atomic E-state index is 13.0. The molecular weight excluding hydrogens is 366 g/mol. The van der Waals surface area contributed by atoms with E-state index in [0.29, 0.717) is 27.8 Å². The molecule has 7 heteroatoms. The van der Waals surface area contributed by atoms with Crippen LogP contribution in [0.1, 0.15) is 5.56 Å². The first kappa shape index (κ1) is 16.9. The first-order chi connectivity index (χ1) is 14.2. The molecule has 0 saturated heterocycles. The second-order valence-electron chi connectivity index (χ2n) is 6.51. The fourth-order valence-corrected chi connectivity index (χ4v) is 3.34. The first-order valence-electron chi connectivity index (χ1n) is 8.98. The van der Waals surface area contributed by atoms with Crippen molar-refractivity contribution in [3.63, 3.8) is 0 Å². The van der Waals surface area contributed by atoms with Gasteiger partial charge in [0, 0.05) is 28.6 Å².